The van der Waals surface area contributed by atoms with Gasteiger partial charge in [-0.05, 0) is 26.3 Å². The van der Waals surface area contributed by atoms with Crippen LogP contribution in [0.4, 0.5) is 0 Å². The van der Waals surface area contributed by atoms with Crippen LogP contribution in [0.1, 0.15) is 47.0 Å². The van der Waals surface area contributed by atoms with Crippen LogP contribution in [0.5, 0.6) is 0 Å². The minimum Gasteiger partial charge on any atom is -0.379 e. The fourth-order valence-corrected chi connectivity index (χ4v) is 1.91. The molecule has 1 aliphatic rings. The number of unbranched alkanes of at least 4 members (excludes halogenated alkanes) is 1. The van der Waals surface area contributed by atoms with Crippen LogP contribution in [0, 0.1) is 5.92 Å². The molecule has 0 radical (unpaired) electrons. The van der Waals surface area contributed by atoms with E-state index in [0.717, 1.165) is 39.3 Å². The first-order valence-corrected chi connectivity index (χ1v) is 8.11. The molecule has 1 saturated heterocycles. The van der Waals surface area contributed by atoms with E-state index >= 15 is 0 Å². The van der Waals surface area contributed by atoms with Crippen molar-refractivity contribution >= 4 is 29.9 Å². The summed E-state index contributed by atoms with van der Waals surface area (Å²) in [5, 5.41) is 0. The highest BCUT2D eigenvalue weighted by Gasteiger charge is 2.13. The van der Waals surface area contributed by atoms with Crippen molar-refractivity contribution in [1.29, 1.82) is 0 Å². The summed E-state index contributed by atoms with van der Waals surface area (Å²) in [7, 11) is 1.84. The number of rotatable bonds is 6. The Kier molecular flexibility index (Phi) is 16.7. The lowest BCUT2D eigenvalue weighted by Crippen LogP contribution is -2.36. The molecule has 0 bridgehead atoms. The molecule has 0 spiro atoms. The highest BCUT2D eigenvalue weighted by atomic mass is 127. The number of carbonyl (C=O) groups excluding carboxylic acids is 1. The van der Waals surface area contributed by atoms with Crippen LogP contribution in [0.15, 0.2) is 0 Å². The normalized spacial score (nSPS) is 16.2. The van der Waals surface area contributed by atoms with Crippen molar-refractivity contribution in [2.45, 2.75) is 47.0 Å². The molecule has 1 amide bonds. The average Bonchev–Trinajstić information content (AvgIpc) is 2.52. The molecule has 0 saturated carbocycles. The maximum absolute atomic E-state index is 11.2. The van der Waals surface area contributed by atoms with Crippen molar-refractivity contribution in [1.82, 2.24) is 9.80 Å². The van der Waals surface area contributed by atoms with Crippen molar-refractivity contribution < 1.29 is 9.53 Å². The summed E-state index contributed by atoms with van der Waals surface area (Å²) >= 11 is 0. The SMILES string of the molecule is CCC(C)C(=O)N(C)CC.CCCCN1CCOCC1.I. The van der Waals surface area contributed by atoms with Crippen LogP contribution < -0.4 is 0 Å². The first kappa shape index (κ1) is 23.4. The summed E-state index contributed by atoms with van der Waals surface area (Å²) < 4.78 is 5.24. The predicted molar refractivity (Wildman–Crippen MR) is 100 cm³/mol. The number of hydrogen-bond donors (Lipinski definition) is 0. The minimum atomic E-state index is 0. The van der Waals surface area contributed by atoms with Crippen LogP contribution in [0.3, 0.4) is 0 Å². The topological polar surface area (TPSA) is 32.8 Å². The Balaban J connectivity index is 0. The third-order valence-electron chi connectivity index (χ3n) is 3.82. The second-order valence-electron chi connectivity index (χ2n) is 5.47. The predicted octanol–water partition coefficient (Wildman–Crippen LogP) is 3.25. The quantitative estimate of drug-likeness (QED) is 0.626. The van der Waals surface area contributed by atoms with Crippen LogP contribution in [-0.2, 0) is 9.53 Å². The van der Waals surface area contributed by atoms with Gasteiger partial charge in [0.25, 0.3) is 0 Å². The van der Waals surface area contributed by atoms with Gasteiger partial charge in [0, 0.05) is 32.6 Å². The molecule has 0 aromatic rings. The number of ether oxygens (including phenoxy) is 1. The van der Waals surface area contributed by atoms with Crippen molar-refractivity contribution in [3.05, 3.63) is 0 Å². The second-order valence-corrected chi connectivity index (χ2v) is 5.47. The van der Waals surface area contributed by atoms with Crippen LogP contribution in [-0.4, -0.2) is 62.1 Å². The van der Waals surface area contributed by atoms with Crippen LogP contribution in [0.25, 0.3) is 0 Å². The van der Waals surface area contributed by atoms with E-state index < -0.39 is 0 Å². The molecule has 0 aliphatic carbocycles. The fraction of sp³-hybridized carbons (Fsp3) is 0.938. The van der Waals surface area contributed by atoms with Gasteiger partial charge < -0.3 is 9.64 Å². The molecule has 1 fully saturated rings. The summed E-state index contributed by atoms with van der Waals surface area (Å²) in [6.45, 7) is 14.4. The molecule has 1 aliphatic heterocycles. The zero-order valence-electron chi connectivity index (χ0n) is 14.6. The Labute approximate surface area is 148 Å². The van der Waals surface area contributed by atoms with Crippen LogP contribution >= 0.6 is 24.0 Å². The Morgan fingerprint density at radius 3 is 2.24 bits per heavy atom. The number of halogens is 1. The molecule has 0 aromatic carbocycles. The highest BCUT2D eigenvalue weighted by Crippen LogP contribution is 2.04. The summed E-state index contributed by atoms with van der Waals surface area (Å²) in [6.07, 6.45) is 3.57. The lowest BCUT2D eigenvalue weighted by Gasteiger charge is -2.26. The molecule has 1 atom stereocenters. The van der Waals surface area contributed by atoms with Gasteiger partial charge in [0.2, 0.25) is 5.91 Å². The van der Waals surface area contributed by atoms with E-state index in [4.69, 9.17) is 4.74 Å². The summed E-state index contributed by atoms with van der Waals surface area (Å²) in [6, 6.07) is 0. The van der Waals surface area contributed by atoms with Crippen molar-refractivity contribution in [2.75, 3.05) is 46.4 Å². The minimum absolute atomic E-state index is 0. The molecule has 0 aromatic heterocycles. The Bertz CT molecular complexity index is 234. The number of amides is 1. The van der Waals surface area contributed by atoms with Crippen LogP contribution in [0.2, 0.25) is 0 Å². The van der Waals surface area contributed by atoms with E-state index in [1.165, 1.54) is 19.4 Å². The van der Waals surface area contributed by atoms with Gasteiger partial charge in [-0.25, -0.2) is 0 Å². The molecule has 128 valence electrons. The third kappa shape index (κ3) is 11.4. The van der Waals surface area contributed by atoms with E-state index in [1.807, 2.05) is 27.8 Å². The van der Waals surface area contributed by atoms with Gasteiger partial charge in [-0.3, -0.25) is 9.69 Å². The highest BCUT2D eigenvalue weighted by molar-refractivity contribution is 14.0. The lowest BCUT2D eigenvalue weighted by atomic mass is 10.1. The van der Waals surface area contributed by atoms with Gasteiger partial charge >= 0.3 is 0 Å². The third-order valence-corrected chi connectivity index (χ3v) is 3.82. The molecule has 21 heavy (non-hydrogen) atoms. The average molecular weight is 414 g/mol. The Hall–Kier alpha value is 0.120. The number of hydrogen-bond acceptors (Lipinski definition) is 3. The van der Waals surface area contributed by atoms with Gasteiger partial charge in [0.15, 0.2) is 0 Å². The Morgan fingerprint density at radius 1 is 1.24 bits per heavy atom. The van der Waals surface area contributed by atoms with Crippen molar-refractivity contribution in [3.63, 3.8) is 0 Å². The van der Waals surface area contributed by atoms with Gasteiger partial charge in [0.05, 0.1) is 13.2 Å². The maximum atomic E-state index is 11.2. The van der Waals surface area contributed by atoms with E-state index in [-0.39, 0.29) is 35.8 Å². The molecule has 1 heterocycles. The zero-order valence-corrected chi connectivity index (χ0v) is 16.9. The van der Waals surface area contributed by atoms with Gasteiger partial charge in [-0.2, -0.15) is 0 Å². The number of carbonyl (C=O) groups is 1. The largest absolute Gasteiger partial charge is 0.379 e. The molecule has 1 rings (SSSR count). The fourth-order valence-electron chi connectivity index (χ4n) is 1.91. The lowest BCUT2D eigenvalue weighted by molar-refractivity contribution is -0.133. The monoisotopic (exact) mass is 414 g/mol. The Morgan fingerprint density at radius 2 is 1.81 bits per heavy atom. The first-order chi connectivity index (χ1) is 9.56. The second kappa shape index (κ2) is 15.0. The van der Waals surface area contributed by atoms with Crippen molar-refractivity contribution in [2.24, 2.45) is 5.92 Å². The van der Waals surface area contributed by atoms with Crippen molar-refractivity contribution in [3.8, 4) is 0 Å². The van der Waals surface area contributed by atoms with E-state index in [0.29, 0.717) is 0 Å². The van der Waals surface area contributed by atoms with Gasteiger partial charge in [-0.1, -0.05) is 27.2 Å². The molecule has 4 nitrogen and oxygen atoms in total. The zero-order chi connectivity index (χ0) is 15.4. The number of nitrogens with zero attached hydrogens (tertiary/aromatic N) is 2. The van der Waals surface area contributed by atoms with Gasteiger partial charge in [0.1, 0.15) is 0 Å². The van der Waals surface area contributed by atoms with E-state index in [2.05, 4.69) is 11.8 Å². The summed E-state index contributed by atoms with van der Waals surface area (Å²) in [5.74, 6) is 0.440. The maximum Gasteiger partial charge on any atom is 0.225 e. The summed E-state index contributed by atoms with van der Waals surface area (Å²) in [4.78, 5) is 15.5. The van der Waals surface area contributed by atoms with E-state index in [1.54, 1.807) is 4.90 Å². The smallest absolute Gasteiger partial charge is 0.225 e. The molecular formula is C16H35IN2O2. The molecule has 5 heteroatoms. The van der Waals surface area contributed by atoms with E-state index in [9.17, 15) is 4.79 Å². The summed E-state index contributed by atoms with van der Waals surface area (Å²) in [5.41, 5.74) is 0. The first-order valence-electron chi connectivity index (χ1n) is 8.11. The standard InChI is InChI=1S/2C8H17NO.HI/c1-2-3-4-9-5-7-10-8-6-9;1-5-7(3)8(10)9(4)6-2;/h2-8H2,1H3;7H,5-6H2,1-4H3;1H. The molecule has 0 N–H and O–H groups in total. The molecule has 1 unspecified atom stereocenters. The molecular weight excluding hydrogens is 379 g/mol. The number of morpholine rings is 1. The van der Waals surface area contributed by atoms with Gasteiger partial charge in [-0.15, -0.1) is 24.0 Å².